The minimum atomic E-state index is -1.27. The molecule has 96 valence electrons. The van der Waals surface area contributed by atoms with E-state index in [0.717, 1.165) is 0 Å². The van der Waals surface area contributed by atoms with Crippen molar-refractivity contribution in [3.63, 3.8) is 0 Å². The average Bonchev–Trinajstić information content (AvgIpc) is 2.36. The van der Waals surface area contributed by atoms with Crippen LogP contribution in [0.1, 0.15) is 5.56 Å². The second-order valence-corrected chi connectivity index (χ2v) is 4.50. The number of anilines is 2. The van der Waals surface area contributed by atoms with E-state index in [9.17, 15) is 13.2 Å². The van der Waals surface area contributed by atoms with Crippen molar-refractivity contribution >= 4 is 27.3 Å². The summed E-state index contributed by atoms with van der Waals surface area (Å²) in [6.45, 7) is 0. The minimum absolute atomic E-state index is 0.242. The van der Waals surface area contributed by atoms with Gasteiger partial charge in [0.25, 0.3) is 0 Å². The average molecular weight is 327 g/mol. The third-order valence-corrected chi connectivity index (χ3v) is 3.07. The van der Waals surface area contributed by atoms with Crippen molar-refractivity contribution in [1.82, 2.24) is 0 Å². The maximum absolute atomic E-state index is 13.5. The Morgan fingerprint density at radius 2 is 1.68 bits per heavy atom. The Kier molecular flexibility index (Phi) is 3.76. The first kappa shape index (κ1) is 13.4. The van der Waals surface area contributed by atoms with Crippen LogP contribution in [0.3, 0.4) is 0 Å². The first-order valence-electron chi connectivity index (χ1n) is 5.13. The van der Waals surface area contributed by atoms with Crippen LogP contribution in [0.25, 0.3) is 0 Å². The van der Waals surface area contributed by atoms with Crippen LogP contribution >= 0.6 is 15.9 Å². The van der Waals surface area contributed by atoms with Crippen LogP contribution < -0.4 is 5.32 Å². The van der Waals surface area contributed by atoms with Gasteiger partial charge in [0.05, 0.1) is 16.9 Å². The van der Waals surface area contributed by atoms with Crippen molar-refractivity contribution in [3.05, 3.63) is 57.8 Å². The molecule has 2 nitrogen and oxygen atoms in total. The number of nitrogens with one attached hydrogen (secondary N) is 1. The first-order chi connectivity index (χ1) is 9.02. The van der Waals surface area contributed by atoms with Crippen molar-refractivity contribution < 1.29 is 13.2 Å². The molecule has 0 aliphatic heterocycles. The molecule has 2 rings (SSSR count). The predicted octanol–water partition coefficient (Wildman–Crippen LogP) is 4.48. The Hall–Kier alpha value is -2.00. The van der Waals surface area contributed by atoms with E-state index in [1.807, 2.05) is 6.07 Å². The molecule has 0 bridgehead atoms. The van der Waals surface area contributed by atoms with Crippen LogP contribution in [-0.4, -0.2) is 0 Å². The highest BCUT2D eigenvalue weighted by atomic mass is 79.9. The lowest BCUT2D eigenvalue weighted by molar-refractivity contribution is 0.496. The minimum Gasteiger partial charge on any atom is -0.352 e. The number of nitrogens with zero attached hydrogens (tertiary/aromatic N) is 1. The molecule has 0 unspecified atom stereocenters. The molecule has 6 heteroatoms. The number of nitriles is 1. The summed E-state index contributed by atoms with van der Waals surface area (Å²) >= 11 is 3.17. The van der Waals surface area contributed by atoms with E-state index in [4.69, 9.17) is 5.26 Å². The van der Waals surface area contributed by atoms with Crippen molar-refractivity contribution in [2.24, 2.45) is 0 Å². The number of hydrogen-bond acceptors (Lipinski definition) is 2. The van der Waals surface area contributed by atoms with Crippen molar-refractivity contribution in [2.75, 3.05) is 5.32 Å². The Labute approximate surface area is 115 Å². The summed E-state index contributed by atoms with van der Waals surface area (Å²) in [5.74, 6) is -3.38. The summed E-state index contributed by atoms with van der Waals surface area (Å²) in [4.78, 5) is 0. The molecule has 0 aliphatic carbocycles. The maximum Gasteiger partial charge on any atom is 0.161 e. The lowest BCUT2D eigenvalue weighted by atomic mass is 10.2. The van der Waals surface area contributed by atoms with E-state index < -0.39 is 17.5 Å². The van der Waals surface area contributed by atoms with Crippen LogP contribution in [0, 0.1) is 28.8 Å². The number of benzene rings is 2. The van der Waals surface area contributed by atoms with Gasteiger partial charge in [0, 0.05) is 16.6 Å². The summed E-state index contributed by atoms with van der Waals surface area (Å²) in [5, 5.41) is 11.6. The molecule has 0 saturated heterocycles. The Morgan fingerprint density at radius 1 is 1.00 bits per heavy atom. The van der Waals surface area contributed by atoms with Gasteiger partial charge < -0.3 is 5.32 Å². The van der Waals surface area contributed by atoms with E-state index in [2.05, 4.69) is 21.2 Å². The van der Waals surface area contributed by atoms with Gasteiger partial charge in [-0.15, -0.1) is 0 Å². The van der Waals surface area contributed by atoms with Gasteiger partial charge in [-0.3, -0.25) is 0 Å². The van der Waals surface area contributed by atoms with Gasteiger partial charge >= 0.3 is 0 Å². The summed E-state index contributed by atoms with van der Waals surface area (Å²) in [6, 6.07) is 7.88. The SMILES string of the molecule is N#Cc1c(Br)cccc1Nc1cc(F)c(F)cc1F. The fraction of sp³-hybridized carbons (Fsp3) is 0. The molecular formula is C13H6BrF3N2. The molecule has 0 atom stereocenters. The molecule has 0 aliphatic rings. The highest BCUT2D eigenvalue weighted by Gasteiger charge is 2.12. The third-order valence-electron chi connectivity index (χ3n) is 2.40. The molecule has 2 aromatic carbocycles. The van der Waals surface area contributed by atoms with Gasteiger partial charge in [-0.25, -0.2) is 13.2 Å². The predicted molar refractivity (Wildman–Crippen MR) is 68.5 cm³/mol. The molecule has 0 amide bonds. The quantitative estimate of drug-likeness (QED) is 0.826. The van der Waals surface area contributed by atoms with E-state index in [1.165, 1.54) is 6.07 Å². The van der Waals surface area contributed by atoms with Crippen LogP contribution in [0.4, 0.5) is 24.5 Å². The molecule has 1 N–H and O–H groups in total. The fourth-order valence-electron chi connectivity index (χ4n) is 1.51. The zero-order valence-electron chi connectivity index (χ0n) is 9.35. The molecule has 0 aromatic heterocycles. The standard InChI is InChI=1S/C13H6BrF3N2/c14-8-2-1-3-12(7(8)6-18)19-13-5-10(16)9(15)4-11(13)17/h1-5,19H. The van der Waals surface area contributed by atoms with Gasteiger partial charge in [-0.1, -0.05) is 6.07 Å². The van der Waals surface area contributed by atoms with Crippen molar-refractivity contribution in [2.45, 2.75) is 0 Å². The molecule has 0 radical (unpaired) electrons. The van der Waals surface area contributed by atoms with Crippen molar-refractivity contribution in [3.8, 4) is 6.07 Å². The Balaban J connectivity index is 2.45. The summed E-state index contributed by atoms with van der Waals surface area (Å²) in [6.07, 6.45) is 0. The number of halogens is 4. The summed E-state index contributed by atoms with van der Waals surface area (Å²) in [5.41, 5.74) is 0.293. The van der Waals surface area contributed by atoms with Gasteiger partial charge in [0.1, 0.15) is 11.9 Å². The lowest BCUT2D eigenvalue weighted by Gasteiger charge is -2.10. The zero-order chi connectivity index (χ0) is 14.0. The largest absolute Gasteiger partial charge is 0.352 e. The van der Waals surface area contributed by atoms with Crippen LogP contribution in [-0.2, 0) is 0 Å². The topological polar surface area (TPSA) is 35.8 Å². The highest BCUT2D eigenvalue weighted by molar-refractivity contribution is 9.10. The number of hydrogen-bond donors (Lipinski definition) is 1. The van der Waals surface area contributed by atoms with E-state index in [0.29, 0.717) is 22.3 Å². The van der Waals surface area contributed by atoms with E-state index >= 15 is 0 Å². The molecule has 2 aromatic rings. The van der Waals surface area contributed by atoms with E-state index in [-0.39, 0.29) is 11.3 Å². The summed E-state index contributed by atoms with van der Waals surface area (Å²) < 4.78 is 39.9. The Bertz CT molecular complexity index is 680. The normalized spacial score (nSPS) is 10.1. The third kappa shape index (κ3) is 2.71. The van der Waals surface area contributed by atoms with Gasteiger partial charge in [-0.05, 0) is 28.1 Å². The van der Waals surface area contributed by atoms with Gasteiger partial charge in [0.2, 0.25) is 0 Å². The van der Waals surface area contributed by atoms with Gasteiger partial charge in [0.15, 0.2) is 11.6 Å². The second-order valence-electron chi connectivity index (χ2n) is 3.65. The van der Waals surface area contributed by atoms with Crippen LogP contribution in [0.2, 0.25) is 0 Å². The molecule has 0 saturated carbocycles. The maximum atomic E-state index is 13.5. The monoisotopic (exact) mass is 326 g/mol. The van der Waals surface area contributed by atoms with Crippen molar-refractivity contribution in [1.29, 1.82) is 5.26 Å². The molecule has 0 spiro atoms. The molecule has 0 fully saturated rings. The zero-order valence-corrected chi connectivity index (χ0v) is 10.9. The Morgan fingerprint density at radius 3 is 2.37 bits per heavy atom. The van der Waals surface area contributed by atoms with Crippen LogP contribution in [0.5, 0.6) is 0 Å². The second kappa shape index (κ2) is 5.33. The van der Waals surface area contributed by atoms with Crippen LogP contribution in [0.15, 0.2) is 34.8 Å². The van der Waals surface area contributed by atoms with Gasteiger partial charge in [-0.2, -0.15) is 5.26 Å². The lowest BCUT2D eigenvalue weighted by Crippen LogP contribution is -1.99. The molecule has 19 heavy (non-hydrogen) atoms. The smallest absolute Gasteiger partial charge is 0.161 e. The fourth-order valence-corrected chi connectivity index (χ4v) is 1.96. The molecular weight excluding hydrogens is 321 g/mol. The first-order valence-corrected chi connectivity index (χ1v) is 5.92. The molecule has 0 heterocycles. The number of rotatable bonds is 2. The van der Waals surface area contributed by atoms with E-state index in [1.54, 1.807) is 12.1 Å². The summed E-state index contributed by atoms with van der Waals surface area (Å²) in [7, 11) is 0. The highest BCUT2D eigenvalue weighted by Crippen LogP contribution is 2.28.